The summed E-state index contributed by atoms with van der Waals surface area (Å²) >= 11 is 0. The van der Waals surface area contributed by atoms with Gasteiger partial charge in [-0.05, 0) is 11.6 Å². The first-order chi connectivity index (χ1) is 6.16. The molecule has 2 rings (SSSR count). The number of carboxylic acids is 1. The molecule has 2 heterocycles. The summed E-state index contributed by atoms with van der Waals surface area (Å²) in [7, 11) is 0. The highest BCUT2D eigenvalue weighted by Crippen LogP contribution is 2.15. The zero-order valence-electron chi connectivity index (χ0n) is 6.76. The zero-order chi connectivity index (χ0) is 9.42. The first-order valence-electron chi connectivity index (χ1n) is 3.87. The van der Waals surface area contributed by atoms with Crippen molar-refractivity contribution in [3.05, 3.63) is 23.0 Å². The van der Waals surface area contributed by atoms with Crippen molar-refractivity contribution in [1.29, 1.82) is 0 Å². The molecule has 1 amide bonds. The van der Waals surface area contributed by atoms with Gasteiger partial charge >= 0.3 is 5.97 Å². The van der Waals surface area contributed by atoms with E-state index in [0.29, 0.717) is 6.54 Å². The average molecular weight is 180 g/mol. The number of rotatable bonds is 1. The fraction of sp³-hybridized carbons (Fsp3) is 0.250. The predicted octanol–water partition coefficient (Wildman–Crippen LogP) is -0.115. The van der Waals surface area contributed by atoms with Crippen molar-refractivity contribution in [3.63, 3.8) is 0 Å². The van der Waals surface area contributed by atoms with E-state index >= 15 is 0 Å². The molecule has 0 unspecified atom stereocenters. The van der Waals surface area contributed by atoms with Gasteiger partial charge in [0, 0.05) is 5.69 Å². The summed E-state index contributed by atoms with van der Waals surface area (Å²) in [6.45, 7) is 0.390. The Bertz CT molecular complexity index is 381. The van der Waals surface area contributed by atoms with E-state index in [0.717, 1.165) is 11.3 Å². The first kappa shape index (κ1) is 7.85. The van der Waals surface area contributed by atoms with Gasteiger partial charge in [-0.2, -0.15) is 0 Å². The normalized spacial score (nSPS) is 14.9. The lowest BCUT2D eigenvalue weighted by Gasteiger charge is -2.11. The summed E-state index contributed by atoms with van der Waals surface area (Å²) in [6, 6.07) is 1.51. The van der Waals surface area contributed by atoms with Gasteiger partial charge in [-0.3, -0.25) is 4.79 Å². The van der Waals surface area contributed by atoms with Crippen LogP contribution in [0.25, 0.3) is 0 Å². The number of carboxylic acid groups (broad SMARTS) is 1. The molecule has 68 valence electrons. The van der Waals surface area contributed by atoms with Crippen LogP contribution < -0.4 is 5.32 Å². The molecule has 1 aliphatic heterocycles. The molecule has 0 aliphatic carbocycles. The van der Waals surface area contributed by atoms with Crippen LogP contribution in [0.3, 0.4) is 0 Å². The third kappa shape index (κ3) is 1.28. The van der Waals surface area contributed by atoms with Crippen molar-refractivity contribution in [1.82, 2.24) is 10.3 Å². The minimum atomic E-state index is -0.998. The molecule has 0 saturated heterocycles. The van der Waals surface area contributed by atoms with Crippen molar-refractivity contribution < 1.29 is 14.7 Å². The van der Waals surface area contributed by atoms with Crippen molar-refractivity contribution in [3.8, 4) is 0 Å². The van der Waals surface area contributed by atoms with E-state index in [-0.39, 0.29) is 18.0 Å². The van der Waals surface area contributed by atoms with Gasteiger partial charge in [0.2, 0.25) is 5.91 Å². The Morgan fingerprint density at radius 1 is 1.54 bits per heavy atom. The number of nitrogens with one attached hydrogen (secondary N) is 2. The first-order valence-corrected chi connectivity index (χ1v) is 3.87. The van der Waals surface area contributed by atoms with Gasteiger partial charge in [-0.1, -0.05) is 0 Å². The molecule has 0 spiro atoms. The van der Waals surface area contributed by atoms with Crippen LogP contribution in [0, 0.1) is 0 Å². The second kappa shape index (κ2) is 2.62. The fourth-order valence-electron chi connectivity index (χ4n) is 1.39. The molecule has 3 N–H and O–H groups in total. The maximum Gasteiger partial charge on any atom is 0.352 e. The number of hydrogen-bond acceptors (Lipinski definition) is 2. The molecule has 5 nitrogen and oxygen atoms in total. The average Bonchev–Trinajstić information content (AvgIpc) is 2.46. The molecular formula is C8H8N2O3. The molecule has 0 aromatic carbocycles. The number of carbonyl (C=O) groups is 2. The van der Waals surface area contributed by atoms with E-state index in [4.69, 9.17) is 5.11 Å². The monoisotopic (exact) mass is 180 g/mol. The summed E-state index contributed by atoms with van der Waals surface area (Å²) in [6.07, 6.45) is 0.263. The highest BCUT2D eigenvalue weighted by molar-refractivity contribution is 5.87. The smallest absolute Gasteiger partial charge is 0.352 e. The predicted molar refractivity (Wildman–Crippen MR) is 43.3 cm³/mol. The lowest BCUT2D eigenvalue weighted by molar-refractivity contribution is -0.121. The van der Waals surface area contributed by atoms with Crippen molar-refractivity contribution in [2.45, 2.75) is 13.0 Å². The summed E-state index contributed by atoms with van der Waals surface area (Å²) in [5.41, 5.74) is 1.71. The lowest BCUT2D eigenvalue weighted by Crippen LogP contribution is -2.29. The Morgan fingerprint density at radius 2 is 2.31 bits per heavy atom. The number of amides is 1. The Kier molecular flexibility index (Phi) is 1.58. The van der Waals surface area contributed by atoms with Gasteiger partial charge in [0.15, 0.2) is 0 Å². The minimum absolute atomic E-state index is 0.0663. The molecular weight excluding hydrogens is 172 g/mol. The van der Waals surface area contributed by atoms with Crippen LogP contribution in [-0.4, -0.2) is 22.0 Å². The molecule has 1 aliphatic rings. The third-order valence-electron chi connectivity index (χ3n) is 2.04. The van der Waals surface area contributed by atoms with Crippen LogP contribution in [0.4, 0.5) is 0 Å². The summed E-state index contributed by atoms with van der Waals surface area (Å²) < 4.78 is 0. The molecule has 0 saturated carbocycles. The second-order valence-electron chi connectivity index (χ2n) is 2.95. The van der Waals surface area contributed by atoms with Crippen LogP contribution in [-0.2, 0) is 17.8 Å². The number of H-pyrrole nitrogens is 1. The van der Waals surface area contributed by atoms with Gasteiger partial charge in [-0.25, -0.2) is 4.79 Å². The molecule has 5 heteroatoms. The molecule has 0 bridgehead atoms. The van der Waals surface area contributed by atoms with Gasteiger partial charge in [0.05, 0.1) is 13.0 Å². The number of aromatic carboxylic acids is 1. The second-order valence-corrected chi connectivity index (χ2v) is 2.95. The van der Waals surface area contributed by atoms with Crippen LogP contribution in [0.1, 0.15) is 21.7 Å². The van der Waals surface area contributed by atoms with Crippen LogP contribution in [0.2, 0.25) is 0 Å². The largest absolute Gasteiger partial charge is 0.477 e. The van der Waals surface area contributed by atoms with E-state index in [2.05, 4.69) is 10.3 Å². The van der Waals surface area contributed by atoms with E-state index < -0.39 is 5.97 Å². The van der Waals surface area contributed by atoms with Gasteiger partial charge < -0.3 is 15.4 Å². The van der Waals surface area contributed by atoms with Crippen molar-refractivity contribution >= 4 is 11.9 Å². The minimum Gasteiger partial charge on any atom is -0.477 e. The third-order valence-corrected chi connectivity index (χ3v) is 2.04. The Hall–Kier alpha value is -1.78. The lowest BCUT2D eigenvalue weighted by atomic mass is 10.1. The molecule has 1 aromatic rings. The molecule has 13 heavy (non-hydrogen) atoms. The number of fused-ring (bicyclic) bond motifs is 1. The summed E-state index contributed by atoms with van der Waals surface area (Å²) in [5.74, 6) is -1.06. The summed E-state index contributed by atoms with van der Waals surface area (Å²) in [5, 5.41) is 11.3. The SMILES string of the molecule is O=C1Cc2cc(C(=O)O)[nH]c2CN1. The molecule has 1 aromatic heterocycles. The highest BCUT2D eigenvalue weighted by atomic mass is 16.4. The van der Waals surface area contributed by atoms with Crippen LogP contribution in [0.15, 0.2) is 6.07 Å². The van der Waals surface area contributed by atoms with Gasteiger partial charge in [0.1, 0.15) is 5.69 Å². The quantitative estimate of drug-likeness (QED) is 0.563. The Morgan fingerprint density at radius 3 is 3.00 bits per heavy atom. The molecule has 0 atom stereocenters. The number of aromatic amines is 1. The number of carbonyl (C=O) groups excluding carboxylic acids is 1. The zero-order valence-corrected chi connectivity index (χ0v) is 6.76. The standard InChI is InChI=1S/C8H8N2O3/c11-7-2-4-1-5(8(12)13)10-6(4)3-9-7/h1,10H,2-3H2,(H,9,11)(H,12,13). The summed E-state index contributed by atoms with van der Waals surface area (Å²) in [4.78, 5) is 24.2. The van der Waals surface area contributed by atoms with Gasteiger partial charge in [0.25, 0.3) is 0 Å². The maximum atomic E-state index is 10.9. The molecule has 0 radical (unpaired) electrons. The maximum absolute atomic E-state index is 10.9. The van der Waals surface area contributed by atoms with E-state index in [9.17, 15) is 9.59 Å². The number of hydrogen-bond donors (Lipinski definition) is 3. The highest BCUT2D eigenvalue weighted by Gasteiger charge is 2.19. The van der Waals surface area contributed by atoms with E-state index in [1.54, 1.807) is 0 Å². The van der Waals surface area contributed by atoms with Gasteiger partial charge in [-0.15, -0.1) is 0 Å². The number of aromatic nitrogens is 1. The van der Waals surface area contributed by atoms with E-state index in [1.165, 1.54) is 6.07 Å². The fourth-order valence-corrected chi connectivity index (χ4v) is 1.39. The van der Waals surface area contributed by atoms with Crippen LogP contribution >= 0.6 is 0 Å². The Labute approximate surface area is 73.8 Å². The van der Waals surface area contributed by atoms with Crippen LogP contribution in [0.5, 0.6) is 0 Å². The van der Waals surface area contributed by atoms with Crippen molar-refractivity contribution in [2.75, 3.05) is 0 Å². The topological polar surface area (TPSA) is 82.2 Å². The van der Waals surface area contributed by atoms with E-state index in [1.807, 2.05) is 0 Å². The van der Waals surface area contributed by atoms with Crippen molar-refractivity contribution in [2.24, 2.45) is 0 Å². The molecule has 0 fully saturated rings. The Balaban J connectivity index is 2.39.